The number of halogens is 1. The third-order valence-corrected chi connectivity index (χ3v) is 4.13. The number of aliphatic hydroxyl groups excluding tert-OH is 1. The van der Waals surface area contributed by atoms with Crippen molar-refractivity contribution in [3.8, 4) is 5.88 Å². The number of aliphatic hydroxyl groups is 1. The maximum absolute atomic E-state index is 9.49. The van der Waals surface area contributed by atoms with Crippen molar-refractivity contribution < 1.29 is 9.84 Å². The second-order valence-electron chi connectivity index (χ2n) is 5.40. The van der Waals surface area contributed by atoms with E-state index in [0.29, 0.717) is 17.5 Å². The van der Waals surface area contributed by atoms with Crippen molar-refractivity contribution in [2.75, 3.05) is 26.2 Å². The van der Waals surface area contributed by atoms with Gasteiger partial charge in [0.15, 0.2) is 0 Å². The summed E-state index contributed by atoms with van der Waals surface area (Å²) >= 11 is 6.04. The molecule has 0 spiro atoms. The predicted octanol–water partition coefficient (Wildman–Crippen LogP) is 2.72. The molecule has 2 heterocycles. The molecule has 112 valence electrons. The van der Waals surface area contributed by atoms with Crippen molar-refractivity contribution in [2.24, 2.45) is 0 Å². The summed E-state index contributed by atoms with van der Waals surface area (Å²) in [6, 6.07) is 7.67. The molecule has 0 atom stereocenters. The Hall–Kier alpha value is -1.36. The Bertz CT molecular complexity index is 612. The van der Waals surface area contributed by atoms with Crippen LogP contribution < -0.4 is 4.74 Å². The van der Waals surface area contributed by atoms with E-state index < -0.39 is 0 Å². The zero-order chi connectivity index (χ0) is 14.7. The van der Waals surface area contributed by atoms with Crippen LogP contribution in [-0.4, -0.2) is 47.3 Å². The number of benzene rings is 1. The molecule has 0 bridgehead atoms. The summed E-state index contributed by atoms with van der Waals surface area (Å²) in [6.07, 6.45) is 3.32. The number of pyridine rings is 1. The van der Waals surface area contributed by atoms with Gasteiger partial charge in [-0.3, -0.25) is 4.90 Å². The highest BCUT2D eigenvalue weighted by Crippen LogP contribution is 2.26. The van der Waals surface area contributed by atoms with Crippen LogP contribution in [0.1, 0.15) is 12.8 Å². The maximum atomic E-state index is 9.49. The Labute approximate surface area is 129 Å². The number of piperidine rings is 1. The van der Waals surface area contributed by atoms with Crippen molar-refractivity contribution in [3.05, 3.63) is 35.5 Å². The molecule has 3 rings (SSSR count). The average Bonchev–Trinajstić information content (AvgIpc) is 2.50. The van der Waals surface area contributed by atoms with Crippen molar-refractivity contribution in [3.63, 3.8) is 0 Å². The van der Waals surface area contributed by atoms with Gasteiger partial charge in [-0.15, -0.1) is 0 Å². The third-order valence-electron chi connectivity index (χ3n) is 3.90. The molecule has 0 saturated carbocycles. The number of nitrogens with zero attached hydrogens (tertiary/aromatic N) is 2. The van der Waals surface area contributed by atoms with Crippen LogP contribution in [0, 0.1) is 0 Å². The van der Waals surface area contributed by atoms with Crippen molar-refractivity contribution >= 4 is 22.4 Å². The van der Waals surface area contributed by atoms with Crippen molar-refractivity contribution in [2.45, 2.75) is 18.9 Å². The molecule has 1 N–H and O–H groups in total. The van der Waals surface area contributed by atoms with Gasteiger partial charge in [-0.05, 0) is 36.4 Å². The van der Waals surface area contributed by atoms with E-state index in [9.17, 15) is 5.11 Å². The monoisotopic (exact) mass is 306 g/mol. The first kappa shape index (κ1) is 14.6. The van der Waals surface area contributed by atoms with E-state index >= 15 is 0 Å². The fourth-order valence-corrected chi connectivity index (χ4v) is 2.82. The fraction of sp³-hybridized carbons (Fsp3) is 0.438. The van der Waals surface area contributed by atoms with E-state index in [1.807, 2.05) is 24.3 Å². The molecule has 5 heteroatoms. The molecule has 1 aliphatic heterocycles. The van der Waals surface area contributed by atoms with E-state index in [0.717, 1.165) is 43.2 Å². The lowest BCUT2D eigenvalue weighted by Crippen LogP contribution is -2.38. The van der Waals surface area contributed by atoms with Crippen LogP contribution in [0.3, 0.4) is 0 Å². The normalized spacial score (nSPS) is 17.2. The smallest absolute Gasteiger partial charge is 0.221 e. The minimum Gasteiger partial charge on any atom is -0.476 e. The second kappa shape index (κ2) is 6.60. The minimum absolute atomic E-state index is 0.135. The maximum Gasteiger partial charge on any atom is 0.221 e. The average molecular weight is 307 g/mol. The summed E-state index contributed by atoms with van der Waals surface area (Å²) < 4.78 is 5.83. The Morgan fingerprint density at radius 3 is 2.90 bits per heavy atom. The van der Waals surface area contributed by atoms with Gasteiger partial charge in [0.25, 0.3) is 0 Å². The molecule has 0 radical (unpaired) electrons. The standard InChI is InChI=1S/C16H19ClN2O2/c17-13-2-1-12-3-6-18-16(15(12)11-13)21-10-9-19-7-4-14(20)5-8-19/h1-3,6,11,14,20H,4-5,7-10H2. The van der Waals surface area contributed by atoms with Gasteiger partial charge in [0, 0.05) is 36.2 Å². The molecule has 1 fully saturated rings. The first-order chi connectivity index (χ1) is 10.2. The van der Waals surface area contributed by atoms with Crippen molar-refractivity contribution in [1.82, 2.24) is 9.88 Å². The summed E-state index contributed by atoms with van der Waals surface area (Å²) in [5, 5.41) is 12.2. The van der Waals surface area contributed by atoms with E-state index in [4.69, 9.17) is 16.3 Å². The summed E-state index contributed by atoms with van der Waals surface area (Å²) in [4.78, 5) is 6.61. The SMILES string of the molecule is OC1CCN(CCOc2nccc3ccc(Cl)cc23)CC1. The Balaban J connectivity index is 1.61. The first-order valence-corrected chi connectivity index (χ1v) is 7.67. The highest BCUT2D eigenvalue weighted by atomic mass is 35.5. The van der Waals surface area contributed by atoms with Crippen LogP contribution in [0.2, 0.25) is 5.02 Å². The lowest BCUT2D eigenvalue weighted by Gasteiger charge is -2.29. The quantitative estimate of drug-likeness (QED) is 0.943. The van der Waals surface area contributed by atoms with Crippen LogP contribution in [0.15, 0.2) is 30.5 Å². The number of likely N-dealkylation sites (tertiary alicyclic amines) is 1. The van der Waals surface area contributed by atoms with Gasteiger partial charge < -0.3 is 9.84 Å². The number of ether oxygens (including phenoxy) is 1. The Morgan fingerprint density at radius 2 is 2.10 bits per heavy atom. The number of hydrogen-bond donors (Lipinski definition) is 1. The highest BCUT2D eigenvalue weighted by Gasteiger charge is 2.16. The predicted molar refractivity (Wildman–Crippen MR) is 83.9 cm³/mol. The minimum atomic E-state index is -0.135. The largest absolute Gasteiger partial charge is 0.476 e. The number of aromatic nitrogens is 1. The van der Waals surface area contributed by atoms with Crippen LogP contribution in [0.25, 0.3) is 10.8 Å². The summed E-state index contributed by atoms with van der Waals surface area (Å²) in [7, 11) is 0. The third kappa shape index (κ3) is 3.64. The number of rotatable bonds is 4. The number of hydrogen-bond acceptors (Lipinski definition) is 4. The van der Waals surface area contributed by atoms with Gasteiger partial charge in [-0.1, -0.05) is 17.7 Å². The molecule has 4 nitrogen and oxygen atoms in total. The van der Waals surface area contributed by atoms with E-state index in [1.54, 1.807) is 6.20 Å². The molecule has 1 aliphatic rings. The molecule has 1 aromatic heterocycles. The van der Waals surface area contributed by atoms with Crippen LogP contribution in [0.4, 0.5) is 0 Å². The van der Waals surface area contributed by atoms with Gasteiger partial charge in [-0.25, -0.2) is 4.98 Å². The van der Waals surface area contributed by atoms with Crippen LogP contribution >= 0.6 is 11.6 Å². The lowest BCUT2D eigenvalue weighted by atomic mass is 10.1. The molecule has 0 unspecified atom stereocenters. The zero-order valence-electron chi connectivity index (χ0n) is 11.8. The summed E-state index contributed by atoms with van der Waals surface area (Å²) in [5.41, 5.74) is 0. The molecule has 1 aromatic carbocycles. The molecule has 21 heavy (non-hydrogen) atoms. The number of fused-ring (bicyclic) bond motifs is 1. The van der Waals surface area contributed by atoms with Gasteiger partial charge in [0.1, 0.15) is 6.61 Å². The molecular weight excluding hydrogens is 288 g/mol. The fourth-order valence-electron chi connectivity index (χ4n) is 2.64. The Kier molecular flexibility index (Phi) is 4.58. The van der Waals surface area contributed by atoms with Gasteiger partial charge in [-0.2, -0.15) is 0 Å². The molecule has 0 amide bonds. The van der Waals surface area contributed by atoms with Gasteiger partial charge >= 0.3 is 0 Å². The van der Waals surface area contributed by atoms with E-state index in [1.165, 1.54) is 0 Å². The molecule has 0 aliphatic carbocycles. The van der Waals surface area contributed by atoms with E-state index in [-0.39, 0.29) is 6.10 Å². The molecular formula is C16H19ClN2O2. The van der Waals surface area contributed by atoms with Crippen LogP contribution in [0.5, 0.6) is 5.88 Å². The summed E-state index contributed by atoms with van der Waals surface area (Å²) in [5.74, 6) is 0.632. The molecule has 1 saturated heterocycles. The van der Waals surface area contributed by atoms with Crippen molar-refractivity contribution in [1.29, 1.82) is 0 Å². The zero-order valence-corrected chi connectivity index (χ0v) is 12.6. The topological polar surface area (TPSA) is 45.6 Å². The highest BCUT2D eigenvalue weighted by molar-refractivity contribution is 6.31. The Morgan fingerprint density at radius 1 is 1.29 bits per heavy atom. The second-order valence-corrected chi connectivity index (χ2v) is 5.84. The lowest BCUT2D eigenvalue weighted by molar-refractivity contribution is 0.0752. The van der Waals surface area contributed by atoms with Gasteiger partial charge in [0.05, 0.1) is 6.10 Å². The first-order valence-electron chi connectivity index (χ1n) is 7.30. The van der Waals surface area contributed by atoms with Gasteiger partial charge in [0.2, 0.25) is 5.88 Å². The molecule has 2 aromatic rings. The van der Waals surface area contributed by atoms with Crippen LogP contribution in [-0.2, 0) is 0 Å². The van der Waals surface area contributed by atoms with E-state index in [2.05, 4.69) is 9.88 Å². The summed E-state index contributed by atoms with van der Waals surface area (Å²) in [6.45, 7) is 3.30.